The maximum atomic E-state index is 10.3. The number of hydrogen-bond acceptors (Lipinski definition) is 5. The molecule has 0 amide bonds. The normalized spacial score (nSPS) is 11.4. The van der Waals surface area contributed by atoms with E-state index in [1.807, 2.05) is 49.4 Å². The summed E-state index contributed by atoms with van der Waals surface area (Å²) >= 11 is 3.42. The van der Waals surface area contributed by atoms with Crippen LogP contribution in [0.4, 0.5) is 5.69 Å². The molecule has 3 aromatic carbocycles. The van der Waals surface area contributed by atoms with Crippen molar-refractivity contribution in [1.29, 1.82) is 0 Å². The summed E-state index contributed by atoms with van der Waals surface area (Å²) in [6, 6.07) is 17.0. The molecule has 0 saturated heterocycles. The number of aromatic nitrogens is 1. The molecular weight excluding hydrogens is 420 g/mol. The molecule has 4 rings (SSSR count). The van der Waals surface area contributed by atoms with E-state index in [2.05, 4.69) is 25.9 Å². The topological polar surface area (TPSA) is 67.9 Å². The van der Waals surface area contributed by atoms with E-state index in [9.17, 15) is 5.11 Å². The molecule has 0 unspecified atom stereocenters. The van der Waals surface area contributed by atoms with Crippen molar-refractivity contribution < 1.29 is 14.3 Å². The molecule has 1 N–H and O–H groups in total. The highest BCUT2D eigenvalue weighted by atomic mass is 79.9. The number of hydrogen-bond donors (Lipinski definition) is 1. The molecule has 0 aliphatic rings. The maximum absolute atomic E-state index is 10.3. The summed E-state index contributed by atoms with van der Waals surface area (Å²) < 4.78 is 11.7. The highest BCUT2D eigenvalue weighted by Gasteiger charge is 2.10. The fraction of sp³-hybridized carbons (Fsp3) is 0.0909. The van der Waals surface area contributed by atoms with E-state index < -0.39 is 0 Å². The lowest BCUT2D eigenvalue weighted by Gasteiger charge is -2.07. The Morgan fingerprint density at radius 1 is 1.11 bits per heavy atom. The Kier molecular flexibility index (Phi) is 4.88. The minimum absolute atomic E-state index is 0.0408. The third kappa shape index (κ3) is 3.51. The molecule has 1 heterocycles. The second-order valence-electron chi connectivity index (χ2n) is 6.31. The van der Waals surface area contributed by atoms with Crippen LogP contribution in [0.3, 0.4) is 0 Å². The van der Waals surface area contributed by atoms with Crippen molar-refractivity contribution in [3.05, 3.63) is 70.2 Å². The van der Waals surface area contributed by atoms with E-state index in [1.54, 1.807) is 18.3 Å². The third-order valence-electron chi connectivity index (χ3n) is 4.35. The first-order chi connectivity index (χ1) is 13.5. The number of phenolic OH excluding ortho intramolecular Hbond substituents is 1. The lowest BCUT2D eigenvalue weighted by molar-refractivity contribution is 0.373. The number of aromatic hydroxyl groups is 1. The molecule has 0 saturated carbocycles. The van der Waals surface area contributed by atoms with Crippen LogP contribution in [0.2, 0.25) is 0 Å². The Bertz CT molecular complexity index is 1180. The van der Waals surface area contributed by atoms with Gasteiger partial charge in [-0.25, -0.2) is 4.98 Å². The van der Waals surface area contributed by atoms with Crippen molar-refractivity contribution in [3.8, 4) is 23.0 Å². The van der Waals surface area contributed by atoms with E-state index in [4.69, 9.17) is 9.15 Å². The smallest absolute Gasteiger partial charge is 0.227 e. The van der Waals surface area contributed by atoms with Gasteiger partial charge in [0.15, 0.2) is 17.1 Å². The molecule has 0 fully saturated rings. The number of halogens is 1. The van der Waals surface area contributed by atoms with Gasteiger partial charge in [0.1, 0.15) is 5.52 Å². The number of rotatable bonds is 4. The minimum atomic E-state index is 0.0408. The van der Waals surface area contributed by atoms with Crippen LogP contribution >= 0.6 is 15.9 Å². The Labute approximate surface area is 170 Å². The van der Waals surface area contributed by atoms with Gasteiger partial charge in [0.25, 0.3) is 0 Å². The second-order valence-corrected chi connectivity index (χ2v) is 7.16. The fourth-order valence-corrected chi connectivity index (χ4v) is 3.26. The lowest BCUT2D eigenvalue weighted by atomic mass is 10.2. The summed E-state index contributed by atoms with van der Waals surface area (Å²) in [7, 11) is 1.51. The first kappa shape index (κ1) is 18.3. The molecule has 4 aromatic rings. The summed E-state index contributed by atoms with van der Waals surface area (Å²) in [4.78, 5) is 8.97. The molecule has 5 nitrogen and oxygen atoms in total. The quantitative estimate of drug-likeness (QED) is 0.396. The molecule has 0 radical (unpaired) electrons. The lowest BCUT2D eigenvalue weighted by Crippen LogP contribution is -1.90. The SMILES string of the molecule is COc1ccc(Br)c(C=Nc2ccc(-c3nc4ccc(C)cc4o3)cc2)c1O. The summed E-state index contributed by atoms with van der Waals surface area (Å²) in [6.45, 7) is 2.02. The molecule has 0 spiro atoms. The summed E-state index contributed by atoms with van der Waals surface area (Å²) in [6.07, 6.45) is 1.60. The largest absolute Gasteiger partial charge is 0.504 e. The highest BCUT2D eigenvalue weighted by molar-refractivity contribution is 9.10. The Balaban J connectivity index is 1.60. The number of oxazole rings is 1. The number of benzene rings is 3. The summed E-state index contributed by atoms with van der Waals surface area (Å²) in [5.74, 6) is 1.01. The Hall–Kier alpha value is -3.12. The number of aliphatic imine (C=N–C) groups is 1. The average Bonchev–Trinajstić information content (AvgIpc) is 3.11. The van der Waals surface area contributed by atoms with Gasteiger partial charge >= 0.3 is 0 Å². The second kappa shape index (κ2) is 7.48. The molecule has 0 atom stereocenters. The number of ether oxygens (including phenoxy) is 1. The molecule has 6 heteroatoms. The van der Waals surface area contributed by atoms with Crippen LogP contribution in [-0.4, -0.2) is 23.4 Å². The number of fused-ring (bicyclic) bond motifs is 1. The minimum Gasteiger partial charge on any atom is -0.504 e. The predicted octanol–water partition coefficient (Wildman–Crippen LogP) is 6.03. The molecule has 0 bridgehead atoms. The van der Waals surface area contributed by atoms with E-state index in [-0.39, 0.29) is 5.75 Å². The molecular formula is C22H17BrN2O3. The van der Waals surface area contributed by atoms with E-state index in [0.29, 0.717) is 17.2 Å². The van der Waals surface area contributed by atoms with E-state index in [1.165, 1.54) is 7.11 Å². The Morgan fingerprint density at radius 2 is 1.89 bits per heavy atom. The van der Waals surface area contributed by atoms with Gasteiger partial charge < -0.3 is 14.3 Å². The van der Waals surface area contributed by atoms with Crippen LogP contribution in [-0.2, 0) is 0 Å². The van der Waals surface area contributed by atoms with Crippen molar-refractivity contribution >= 4 is 38.9 Å². The predicted molar refractivity (Wildman–Crippen MR) is 114 cm³/mol. The van der Waals surface area contributed by atoms with Crippen LogP contribution in [0.15, 0.2) is 68.5 Å². The third-order valence-corrected chi connectivity index (χ3v) is 5.04. The van der Waals surface area contributed by atoms with Crippen molar-refractivity contribution in [2.24, 2.45) is 4.99 Å². The van der Waals surface area contributed by atoms with E-state index >= 15 is 0 Å². The fourth-order valence-electron chi connectivity index (χ4n) is 2.84. The van der Waals surface area contributed by atoms with Crippen LogP contribution in [0.5, 0.6) is 11.5 Å². The molecule has 28 heavy (non-hydrogen) atoms. The zero-order valence-electron chi connectivity index (χ0n) is 15.3. The molecule has 140 valence electrons. The van der Waals surface area contributed by atoms with Crippen LogP contribution < -0.4 is 4.74 Å². The average molecular weight is 437 g/mol. The highest BCUT2D eigenvalue weighted by Crippen LogP contribution is 2.34. The van der Waals surface area contributed by atoms with Crippen molar-refractivity contribution in [2.75, 3.05) is 7.11 Å². The van der Waals surface area contributed by atoms with Gasteiger partial charge in [0.05, 0.1) is 18.4 Å². The van der Waals surface area contributed by atoms with Crippen LogP contribution in [0.1, 0.15) is 11.1 Å². The van der Waals surface area contributed by atoms with Gasteiger partial charge in [-0.2, -0.15) is 0 Å². The zero-order valence-corrected chi connectivity index (χ0v) is 16.9. The first-order valence-electron chi connectivity index (χ1n) is 8.62. The Morgan fingerprint density at radius 3 is 2.64 bits per heavy atom. The van der Waals surface area contributed by atoms with Crippen molar-refractivity contribution in [2.45, 2.75) is 6.92 Å². The maximum Gasteiger partial charge on any atom is 0.227 e. The standard InChI is InChI=1S/C22H17BrN2O3/c1-13-3-9-18-20(11-13)28-22(25-18)14-4-6-15(7-5-14)24-12-16-17(23)8-10-19(27-2)21(16)26/h3-12,26H,1-2H3. The van der Waals surface area contributed by atoms with Crippen molar-refractivity contribution in [1.82, 2.24) is 4.98 Å². The first-order valence-corrected chi connectivity index (χ1v) is 9.41. The summed E-state index contributed by atoms with van der Waals surface area (Å²) in [5.41, 5.74) is 4.91. The van der Waals surface area contributed by atoms with Crippen LogP contribution in [0.25, 0.3) is 22.6 Å². The van der Waals surface area contributed by atoms with Gasteiger partial charge in [-0.1, -0.05) is 6.07 Å². The zero-order chi connectivity index (χ0) is 19.7. The van der Waals surface area contributed by atoms with E-state index in [0.717, 1.165) is 32.4 Å². The molecule has 0 aliphatic carbocycles. The number of nitrogens with zero attached hydrogens (tertiary/aromatic N) is 2. The molecule has 0 aliphatic heterocycles. The van der Waals surface area contributed by atoms with Crippen LogP contribution in [0, 0.1) is 6.92 Å². The van der Waals surface area contributed by atoms with Gasteiger partial charge in [-0.3, -0.25) is 4.99 Å². The van der Waals surface area contributed by atoms with Gasteiger partial charge in [0, 0.05) is 16.3 Å². The monoisotopic (exact) mass is 436 g/mol. The number of aryl methyl sites for hydroxylation is 1. The van der Waals surface area contributed by atoms with Gasteiger partial charge in [0.2, 0.25) is 5.89 Å². The number of phenols is 1. The van der Waals surface area contributed by atoms with Crippen molar-refractivity contribution in [3.63, 3.8) is 0 Å². The van der Waals surface area contributed by atoms with Gasteiger partial charge in [-0.05, 0) is 76.9 Å². The molecule has 1 aromatic heterocycles. The van der Waals surface area contributed by atoms with Gasteiger partial charge in [-0.15, -0.1) is 0 Å². The number of methoxy groups -OCH3 is 1. The summed E-state index contributed by atoms with van der Waals surface area (Å²) in [5, 5.41) is 10.3.